The Morgan fingerprint density at radius 3 is 2.75 bits per heavy atom. The van der Waals surface area contributed by atoms with E-state index in [2.05, 4.69) is 19.2 Å². The van der Waals surface area contributed by atoms with Crippen LogP contribution in [0.25, 0.3) is 0 Å². The first-order valence-corrected chi connectivity index (χ1v) is 7.41. The average molecular weight is 282 g/mol. The van der Waals surface area contributed by atoms with E-state index in [9.17, 15) is 8.78 Å². The van der Waals surface area contributed by atoms with E-state index in [0.717, 1.165) is 32.5 Å². The number of anilines is 1. The summed E-state index contributed by atoms with van der Waals surface area (Å²) < 4.78 is 27.8. The molecule has 20 heavy (non-hydrogen) atoms. The van der Waals surface area contributed by atoms with Crippen molar-refractivity contribution in [3.8, 4) is 0 Å². The number of benzene rings is 1. The Bertz CT molecular complexity index is 460. The summed E-state index contributed by atoms with van der Waals surface area (Å²) in [6.07, 6.45) is 2.00. The fourth-order valence-electron chi connectivity index (χ4n) is 2.82. The molecule has 0 spiro atoms. The van der Waals surface area contributed by atoms with Crippen LogP contribution in [-0.4, -0.2) is 25.7 Å². The van der Waals surface area contributed by atoms with Crippen molar-refractivity contribution in [2.24, 2.45) is 5.92 Å². The number of hydrogen-bond acceptors (Lipinski definition) is 2. The smallest absolute Gasteiger partial charge is 0.146 e. The van der Waals surface area contributed by atoms with Crippen LogP contribution in [-0.2, 0) is 0 Å². The Balaban J connectivity index is 2.19. The van der Waals surface area contributed by atoms with Crippen molar-refractivity contribution in [3.05, 3.63) is 29.3 Å². The van der Waals surface area contributed by atoms with E-state index in [-0.39, 0.29) is 11.6 Å². The van der Waals surface area contributed by atoms with Gasteiger partial charge in [0.05, 0.1) is 5.69 Å². The van der Waals surface area contributed by atoms with E-state index in [1.165, 1.54) is 12.1 Å². The third-order valence-corrected chi connectivity index (χ3v) is 3.80. The first-order chi connectivity index (χ1) is 9.47. The monoisotopic (exact) mass is 282 g/mol. The summed E-state index contributed by atoms with van der Waals surface area (Å²) in [7, 11) is 0. The molecule has 2 nitrogen and oxygen atoms in total. The second-order valence-electron chi connectivity index (χ2n) is 6.13. The summed E-state index contributed by atoms with van der Waals surface area (Å²) in [6.45, 7) is 8.39. The highest BCUT2D eigenvalue weighted by Crippen LogP contribution is 2.25. The second-order valence-corrected chi connectivity index (χ2v) is 6.13. The fourth-order valence-corrected chi connectivity index (χ4v) is 2.82. The molecule has 0 aliphatic carbocycles. The van der Waals surface area contributed by atoms with Crippen LogP contribution < -0.4 is 10.2 Å². The quantitative estimate of drug-likeness (QED) is 0.913. The van der Waals surface area contributed by atoms with Gasteiger partial charge in [0, 0.05) is 25.2 Å². The van der Waals surface area contributed by atoms with E-state index in [4.69, 9.17) is 0 Å². The minimum absolute atomic E-state index is 0.325. The number of halogens is 2. The SMILES string of the molecule is Cc1cc(F)c(N2CCCNC(CC(C)C)C2)cc1F. The molecule has 1 heterocycles. The van der Waals surface area contributed by atoms with Gasteiger partial charge in [-0.15, -0.1) is 0 Å². The van der Waals surface area contributed by atoms with Crippen LogP contribution in [0.15, 0.2) is 12.1 Å². The maximum atomic E-state index is 14.1. The third-order valence-electron chi connectivity index (χ3n) is 3.80. The van der Waals surface area contributed by atoms with Crippen molar-refractivity contribution in [2.75, 3.05) is 24.5 Å². The third kappa shape index (κ3) is 3.69. The molecule has 1 unspecified atom stereocenters. The first kappa shape index (κ1) is 15.2. The van der Waals surface area contributed by atoms with Gasteiger partial charge in [0.2, 0.25) is 0 Å². The van der Waals surface area contributed by atoms with E-state index in [1.54, 1.807) is 6.92 Å². The number of hydrogen-bond donors (Lipinski definition) is 1. The molecule has 0 amide bonds. The van der Waals surface area contributed by atoms with Gasteiger partial charge in [0.25, 0.3) is 0 Å². The van der Waals surface area contributed by atoms with Gasteiger partial charge in [-0.05, 0) is 43.9 Å². The Morgan fingerprint density at radius 2 is 2.05 bits per heavy atom. The molecule has 1 aromatic rings. The van der Waals surface area contributed by atoms with Crippen molar-refractivity contribution in [3.63, 3.8) is 0 Å². The van der Waals surface area contributed by atoms with Crippen molar-refractivity contribution in [1.82, 2.24) is 5.32 Å². The summed E-state index contributed by atoms with van der Waals surface area (Å²) in [4.78, 5) is 1.98. The standard InChI is InChI=1S/C16H24F2N2/c1-11(2)7-13-10-20(6-4-5-19-13)16-9-14(17)12(3)8-15(16)18/h8-9,11,13,19H,4-7,10H2,1-3H3. The van der Waals surface area contributed by atoms with Crippen LogP contribution >= 0.6 is 0 Å². The summed E-state index contributed by atoms with van der Waals surface area (Å²) in [6, 6.07) is 2.96. The Morgan fingerprint density at radius 1 is 1.30 bits per heavy atom. The van der Waals surface area contributed by atoms with Crippen molar-refractivity contribution >= 4 is 5.69 Å². The number of rotatable bonds is 3. The minimum atomic E-state index is -0.334. The van der Waals surface area contributed by atoms with Gasteiger partial charge in [0.15, 0.2) is 0 Å². The average Bonchev–Trinajstić information content (AvgIpc) is 2.58. The summed E-state index contributed by atoms with van der Waals surface area (Å²) in [5.41, 5.74) is 0.753. The molecule has 1 aliphatic heterocycles. The number of nitrogens with one attached hydrogen (secondary N) is 1. The Labute approximate surface area is 120 Å². The molecule has 0 saturated carbocycles. The van der Waals surface area contributed by atoms with Gasteiger partial charge >= 0.3 is 0 Å². The zero-order valence-electron chi connectivity index (χ0n) is 12.5. The lowest BCUT2D eigenvalue weighted by atomic mass is 10.0. The van der Waals surface area contributed by atoms with Crippen molar-refractivity contribution in [1.29, 1.82) is 0 Å². The lowest BCUT2D eigenvalue weighted by Crippen LogP contribution is -2.39. The van der Waals surface area contributed by atoms with Gasteiger partial charge in [-0.2, -0.15) is 0 Å². The van der Waals surface area contributed by atoms with Gasteiger partial charge in [-0.25, -0.2) is 8.78 Å². The predicted molar refractivity (Wildman–Crippen MR) is 79.2 cm³/mol. The molecule has 1 N–H and O–H groups in total. The zero-order chi connectivity index (χ0) is 14.7. The number of aryl methyl sites for hydroxylation is 1. The van der Waals surface area contributed by atoms with Crippen LogP contribution in [0.1, 0.15) is 32.3 Å². The summed E-state index contributed by atoms with van der Waals surface area (Å²) in [5.74, 6) is -0.0693. The van der Waals surface area contributed by atoms with Crippen molar-refractivity contribution in [2.45, 2.75) is 39.7 Å². The molecule has 4 heteroatoms. The van der Waals surface area contributed by atoms with Crippen LogP contribution in [0, 0.1) is 24.5 Å². The van der Waals surface area contributed by atoms with Crippen LogP contribution in [0.3, 0.4) is 0 Å². The van der Waals surface area contributed by atoms with Gasteiger partial charge in [-0.1, -0.05) is 13.8 Å². The molecule has 1 atom stereocenters. The molecular formula is C16H24F2N2. The lowest BCUT2D eigenvalue weighted by Gasteiger charge is -2.28. The van der Waals surface area contributed by atoms with E-state index >= 15 is 0 Å². The first-order valence-electron chi connectivity index (χ1n) is 7.41. The van der Waals surface area contributed by atoms with Crippen molar-refractivity contribution < 1.29 is 8.78 Å². The highest BCUT2D eigenvalue weighted by molar-refractivity contribution is 5.50. The summed E-state index contributed by atoms with van der Waals surface area (Å²) in [5, 5.41) is 3.50. The van der Waals surface area contributed by atoms with Gasteiger partial charge in [-0.3, -0.25) is 0 Å². The lowest BCUT2D eigenvalue weighted by molar-refractivity contribution is 0.435. The summed E-state index contributed by atoms with van der Waals surface area (Å²) >= 11 is 0. The molecule has 0 bridgehead atoms. The molecule has 1 saturated heterocycles. The Kier molecular flexibility index (Phi) is 4.97. The van der Waals surface area contributed by atoms with Crippen LogP contribution in [0.4, 0.5) is 14.5 Å². The van der Waals surface area contributed by atoms with E-state index in [1.807, 2.05) is 4.90 Å². The topological polar surface area (TPSA) is 15.3 Å². The predicted octanol–water partition coefficient (Wildman–Crippen LogP) is 3.49. The Hall–Kier alpha value is -1.16. The molecule has 0 aromatic heterocycles. The normalized spacial score (nSPS) is 20.3. The fraction of sp³-hybridized carbons (Fsp3) is 0.625. The molecule has 1 aliphatic rings. The largest absolute Gasteiger partial charge is 0.367 e. The maximum absolute atomic E-state index is 14.1. The van der Waals surface area contributed by atoms with Gasteiger partial charge in [0.1, 0.15) is 11.6 Å². The minimum Gasteiger partial charge on any atom is -0.367 e. The van der Waals surface area contributed by atoms with Gasteiger partial charge < -0.3 is 10.2 Å². The van der Waals surface area contributed by atoms with Crippen LogP contribution in [0.5, 0.6) is 0 Å². The van der Waals surface area contributed by atoms with E-state index < -0.39 is 0 Å². The zero-order valence-corrected chi connectivity index (χ0v) is 12.5. The molecule has 2 rings (SSSR count). The maximum Gasteiger partial charge on any atom is 0.146 e. The molecule has 112 valence electrons. The molecule has 1 aromatic carbocycles. The molecule has 0 radical (unpaired) electrons. The van der Waals surface area contributed by atoms with Crippen LogP contribution in [0.2, 0.25) is 0 Å². The molecular weight excluding hydrogens is 258 g/mol. The van der Waals surface area contributed by atoms with E-state index in [0.29, 0.717) is 23.2 Å². The highest BCUT2D eigenvalue weighted by Gasteiger charge is 2.21. The number of nitrogens with zero attached hydrogens (tertiary/aromatic N) is 1. The molecule has 1 fully saturated rings. The second kappa shape index (κ2) is 6.53. The highest BCUT2D eigenvalue weighted by atomic mass is 19.1.